The second-order valence-electron chi connectivity index (χ2n) is 8.58. The standard InChI is InChI=1S/C22H23F3N6O3/c1-30(21-28-6-2-7-29-21)20(34)18-14(9-12-5-8-27-16(26)10-12)19(33)31(18)17(32)11-15(13-3-4-13)22(23,24)25/h2,5-8,10,13-15,18H,3-4,9,11H2,1H3,(H2,26,27)/t14-,15+,18+/m1/s1. The number of hydrogen-bond acceptors (Lipinski definition) is 7. The van der Waals surface area contributed by atoms with E-state index in [2.05, 4.69) is 15.0 Å². The van der Waals surface area contributed by atoms with Crippen molar-refractivity contribution in [3.8, 4) is 0 Å². The van der Waals surface area contributed by atoms with Crippen LogP contribution in [-0.2, 0) is 20.8 Å². The van der Waals surface area contributed by atoms with Gasteiger partial charge in [-0.1, -0.05) is 0 Å². The fraction of sp³-hybridized carbons (Fsp3) is 0.455. The van der Waals surface area contributed by atoms with Gasteiger partial charge in [0.15, 0.2) is 0 Å². The van der Waals surface area contributed by atoms with Gasteiger partial charge in [-0.15, -0.1) is 0 Å². The van der Waals surface area contributed by atoms with E-state index in [1.807, 2.05) is 0 Å². The summed E-state index contributed by atoms with van der Waals surface area (Å²) in [4.78, 5) is 52.8. The number of alkyl halides is 3. The number of β-lactam (4-membered cyclic amide) rings is 1. The van der Waals surface area contributed by atoms with E-state index in [1.54, 1.807) is 12.1 Å². The minimum atomic E-state index is -4.56. The lowest BCUT2D eigenvalue weighted by molar-refractivity contribution is -0.191. The largest absolute Gasteiger partial charge is 0.392 e. The van der Waals surface area contributed by atoms with Crippen molar-refractivity contribution >= 4 is 29.5 Å². The van der Waals surface area contributed by atoms with E-state index in [0.29, 0.717) is 23.3 Å². The molecule has 2 N–H and O–H groups in total. The van der Waals surface area contributed by atoms with Crippen LogP contribution in [0.5, 0.6) is 0 Å². The summed E-state index contributed by atoms with van der Waals surface area (Å²) in [7, 11) is 1.38. The van der Waals surface area contributed by atoms with Crippen LogP contribution in [0.15, 0.2) is 36.8 Å². The van der Waals surface area contributed by atoms with Crippen molar-refractivity contribution < 1.29 is 27.6 Å². The van der Waals surface area contributed by atoms with Gasteiger partial charge in [-0.3, -0.25) is 24.2 Å². The lowest BCUT2D eigenvalue weighted by atomic mass is 9.80. The van der Waals surface area contributed by atoms with Crippen LogP contribution in [0.25, 0.3) is 0 Å². The van der Waals surface area contributed by atoms with Crippen molar-refractivity contribution in [2.24, 2.45) is 17.8 Å². The Balaban J connectivity index is 1.59. The summed E-state index contributed by atoms with van der Waals surface area (Å²) in [5.74, 6) is -5.54. The Morgan fingerprint density at radius 2 is 1.88 bits per heavy atom. The van der Waals surface area contributed by atoms with Crippen molar-refractivity contribution in [2.45, 2.75) is 37.9 Å². The number of halogens is 3. The van der Waals surface area contributed by atoms with Crippen molar-refractivity contribution in [1.82, 2.24) is 19.9 Å². The van der Waals surface area contributed by atoms with Crippen LogP contribution < -0.4 is 10.6 Å². The lowest BCUT2D eigenvalue weighted by Crippen LogP contribution is -2.69. The van der Waals surface area contributed by atoms with Crippen LogP contribution in [0.3, 0.4) is 0 Å². The van der Waals surface area contributed by atoms with Crippen LogP contribution in [0.4, 0.5) is 24.9 Å². The highest BCUT2D eigenvalue weighted by atomic mass is 19.4. The lowest BCUT2D eigenvalue weighted by Gasteiger charge is -2.46. The zero-order valence-corrected chi connectivity index (χ0v) is 18.3. The third-order valence-electron chi connectivity index (χ3n) is 6.23. The van der Waals surface area contributed by atoms with E-state index in [0.717, 1.165) is 4.90 Å². The minimum absolute atomic E-state index is 0.0392. The fourth-order valence-corrected chi connectivity index (χ4v) is 4.28. The van der Waals surface area contributed by atoms with Gasteiger partial charge >= 0.3 is 6.18 Å². The number of nitrogens with two attached hydrogens (primary N) is 1. The number of nitrogens with zero attached hydrogens (tertiary/aromatic N) is 5. The normalized spacial score (nSPS) is 21.1. The van der Waals surface area contributed by atoms with Gasteiger partial charge in [0.2, 0.25) is 17.8 Å². The number of hydrogen-bond donors (Lipinski definition) is 1. The molecule has 0 unspecified atom stereocenters. The Morgan fingerprint density at radius 3 is 2.47 bits per heavy atom. The van der Waals surface area contributed by atoms with Gasteiger partial charge in [0.1, 0.15) is 11.9 Å². The molecular weight excluding hydrogens is 453 g/mol. The molecule has 34 heavy (non-hydrogen) atoms. The molecule has 0 spiro atoms. The number of likely N-dealkylation sites (tertiary alicyclic amines) is 1. The van der Waals surface area contributed by atoms with Crippen molar-refractivity contribution in [2.75, 3.05) is 17.7 Å². The van der Waals surface area contributed by atoms with E-state index < -0.39 is 54.1 Å². The number of anilines is 2. The summed E-state index contributed by atoms with van der Waals surface area (Å²) in [5, 5.41) is 0. The van der Waals surface area contributed by atoms with Crippen LogP contribution in [-0.4, -0.2) is 56.8 Å². The highest BCUT2D eigenvalue weighted by molar-refractivity contribution is 6.12. The number of amides is 3. The smallest absolute Gasteiger partial charge is 0.384 e. The summed E-state index contributed by atoms with van der Waals surface area (Å²) in [6.45, 7) is 0. The Labute approximate surface area is 193 Å². The van der Waals surface area contributed by atoms with E-state index in [4.69, 9.17) is 5.73 Å². The van der Waals surface area contributed by atoms with Crippen LogP contribution in [0.2, 0.25) is 0 Å². The number of rotatable bonds is 7. The summed E-state index contributed by atoms with van der Waals surface area (Å²) in [6, 6.07) is 3.43. The maximum Gasteiger partial charge on any atom is 0.392 e. The monoisotopic (exact) mass is 476 g/mol. The molecule has 0 bridgehead atoms. The second kappa shape index (κ2) is 8.99. The number of carbonyl (C=O) groups excluding carboxylic acids is 3. The van der Waals surface area contributed by atoms with Crippen molar-refractivity contribution in [3.63, 3.8) is 0 Å². The minimum Gasteiger partial charge on any atom is -0.384 e. The summed E-state index contributed by atoms with van der Waals surface area (Å²) < 4.78 is 40.5. The van der Waals surface area contributed by atoms with E-state index in [1.165, 1.54) is 31.7 Å². The van der Waals surface area contributed by atoms with E-state index >= 15 is 0 Å². The molecule has 12 heteroatoms. The van der Waals surface area contributed by atoms with Gasteiger partial charge in [-0.05, 0) is 48.9 Å². The third-order valence-corrected chi connectivity index (χ3v) is 6.23. The average Bonchev–Trinajstić information content (AvgIpc) is 3.63. The molecule has 9 nitrogen and oxygen atoms in total. The SMILES string of the molecule is CN(C(=O)[C@@H]1[C@@H](Cc2ccnc(N)c2)C(=O)N1C(=O)C[C@@H](C1CC1)C(F)(F)F)c1ncccn1. The quantitative estimate of drug-likeness (QED) is 0.607. The molecule has 3 atom stereocenters. The Bertz CT molecular complexity index is 1090. The Hall–Kier alpha value is -3.57. The summed E-state index contributed by atoms with van der Waals surface area (Å²) in [5.41, 5.74) is 6.31. The first-order valence-electron chi connectivity index (χ1n) is 10.8. The highest BCUT2D eigenvalue weighted by Gasteiger charge is 2.57. The average molecular weight is 476 g/mol. The number of carbonyl (C=O) groups is 3. The van der Waals surface area contributed by atoms with E-state index in [9.17, 15) is 27.6 Å². The molecule has 1 saturated carbocycles. The second-order valence-corrected chi connectivity index (χ2v) is 8.58. The molecule has 2 fully saturated rings. The number of aromatic nitrogens is 3. The summed E-state index contributed by atoms with van der Waals surface area (Å²) >= 11 is 0. The van der Waals surface area contributed by atoms with Crippen molar-refractivity contribution in [1.29, 1.82) is 0 Å². The number of likely N-dealkylation sites (N-methyl/N-ethyl adjacent to an activating group) is 1. The highest BCUT2D eigenvalue weighted by Crippen LogP contribution is 2.47. The number of nitrogen functional groups attached to an aromatic ring is 1. The Kier molecular flexibility index (Phi) is 6.24. The maximum atomic E-state index is 13.5. The molecule has 2 aromatic rings. The molecule has 2 aliphatic rings. The van der Waals surface area contributed by atoms with Gasteiger partial charge in [0.05, 0.1) is 11.8 Å². The van der Waals surface area contributed by atoms with Crippen LogP contribution in [0.1, 0.15) is 24.8 Å². The Morgan fingerprint density at radius 1 is 1.21 bits per heavy atom. The first-order chi connectivity index (χ1) is 16.1. The van der Waals surface area contributed by atoms with Gasteiger partial charge in [0, 0.05) is 32.1 Å². The zero-order valence-electron chi connectivity index (χ0n) is 18.3. The maximum absolute atomic E-state index is 13.5. The topological polar surface area (TPSA) is 122 Å². The molecular formula is C22H23F3N6O3. The predicted octanol–water partition coefficient (Wildman–Crippen LogP) is 1.99. The predicted molar refractivity (Wildman–Crippen MR) is 114 cm³/mol. The first-order valence-corrected chi connectivity index (χ1v) is 10.8. The van der Waals surface area contributed by atoms with Crippen LogP contribution >= 0.6 is 0 Å². The molecule has 0 radical (unpaired) electrons. The molecule has 2 aromatic heterocycles. The first kappa shape index (κ1) is 23.6. The molecule has 180 valence electrons. The fourth-order valence-electron chi connectivity index (χ4n) is 4.28. The van der Waals surface area contributed by atoms with E-state index in [-0.39, 0.29) is 18.2 Å². The van der Waals surface area contributed by atoms with Crippen molar-refractivity contribution in [3.05, 3.63) is 42.4 Å². The molecule has 4 rings (SSSR count). The number of pyridine rings is 1. The summed E-state index contributed by atoms with van der Waals surface area (Å²) in [6.07, 6.45) is -0.315. The number of imide groups is 1. The molecule has 1 aliphatic heterocycles. The molecule has 3 heterocycles. The third kappa shape index (κ3) is 4.70. The molecule has 3 amide bonds. The zero-order chi connectivity index (χ0) is 24.6. The van der Waals surface area contributed by atoms with Crippen LogP contribution in [0, 0.1) is 17.8 Å². The van der Waals surface area contributed by atoms with Gasteiger partial charge in [-0.25, -0.2) is 15.0 Å². The van der Waals surface area contributed by atoms with Gasteiger partial charge in [0.25, 0.3) is 5.91 Å². The van der Waals surface area contributed by atoms with Gasteiger partial charge in [-0.2, -0.15) is 13.2 Å². The molecule has 1 saturated heterocycles. The molecule has 1 aliphatic carbocycles. The van der Waals surface area contributed by atoms with Gasteiger partial charge < -0.3 is 5.73 Å². The molecule has 0 aromatic carbocycles.